The maximum absolute atomic E-state index is 10.0. The molecule has 6 nitrogen and oxygen atoms in total. The minimum Gasteiger partial charge on any atom is -0.394 e. The molecular formula is C6H12O6. The second-order valence-corrected chi connectivity index (χ2v) is 2.23. The first-order chi connectivity index (χ1) is 5.86. The summed E-state index contributed by atoms with van der Waals surface area (Å²) in [6, 6.07) is 0. The van der Waals surface area contributed by atoms with Crippen LogP contribution in [0.25, 0.3) is 0 Å². The van der Waals surface area contributed by atoms with Gasteiger partial charge in [0, 0.05) is 0 Å². The van der Waals surface area contributed by atoms with Gasteiger partial charge in [0.2, 0.25) is 0 Å². The monoisotopic (exact) mass is 182 g/mol. The molecule has 0 amide bonds. The number of hydrogen-bond donors (Lipinski definition) is 5. The van der Waals surface area contributed by atoms with Gasteiger partial charge in [-0.2, -0.15) is 0 Å². The molecule has 4 atom stereocenters. The fourth-order valence-corrected chi connectivity index (χ4v) is 0.563. The van der Waals surface area contributed by atoms with E-state index in [9.17, 15) is 4.79 Å². The summed E-state index contributed by atoms with van der Waals surface area (Å²) in [6.07, 6.45) is -9.03. The molecule has 0 aliphatic heterocycles. The standard InChI is InChI=1S/C6H12O6/c7-1-3(9)5(11)6(12)4(10)2-8/h1,3-6,8-12H,2H2/t3-,4+,5+,6+/m0/s1/i3T. The first-order valence-corrected chi connectivity index (χ1v) is 3.20. The van der Waals surface area contributed by atoms with Crippen LogP contribution >= 0.6 is 0 Å². The highest BCUT2D eigenvalue weighted by Crippen LogP contribution is 2.02. The van der Waals surface area contributed by atoms with Crippen LogP contribution in [0.4, 0.5) is 0 Å². The van der Waals surface area contributed by atoms with E-state index in [1.165, 1.54) is 0 Å². The van der Waals surface area contributed by atoms with E-state index in [4.69, 9.17) is 26.9 Å². The molecule has 5 N–H and O–H groups in total. The van der Waals surface area contributed by atoms with Crippen molar-refractivity contribution in [3.8, 4) is 0 Å². The van der Waals surface area contributed by atoms with Crippen LogP contribution in [0.5, 0.6) is 0 Å². The number of rotatable bonds is 5. The lowest BCUT2D eigenvalue weighted by molar-refractivity contribution is -0.136. The number of aliphatic hydroxyl groups is 5. The van der Waals surface area contributed by atoms with Gasteiger partial charge < -0.3 is 30.3 Å². The molecule has 6 heteroatoms. The van der Waals surface area contributed by atoms with E-state index in [1.54, 1.807) is 0 Å². The quantitative estimate of drug-likeness (QED) is 0.283. The third kappa shape index (κ3) is 2.84. The van der Waals surface area contributed by atoms with Gasteiger partial charge in [0.15, 0.2) is 6.29 Å². The van der Waals surface area contributed by atoms with E-state index in [-0.39, 0.29) is 6.29 Å². The molecular weight excluding hydrogens is 168 g/mol. The van der Waals surface area contributed by atoms with Crippen LogP contribution in [0.3, 0.4) is 0 Å². The number of carbonyl (C=O) groups is 1. The molecule has 0 rings (SSSR count). The minimum absolute atomic E-state index is 0.287. The van der Waals surface area contributed by atoms with Crippen LogP contribution in [-0.2, 0) is 4.79 Å². The van der Waals surface area contributed by atoms with Gasteiger partial charge in [0.25, 0.3) is 0 Å². The fraction of sp³-hybridized carbons (Fsp3) is 0.833. The Labute approximate surface area is 70.1 Å². The normalized spacial score (nSPS) is 24.9. The van der Waals surface area contributed by atoms with Gasteiger partial charge in [-0.25, -0.2) is 0 Å². The Morgan fingerprint density at radius 3 is 2.08 bits per heavy atom. The Morgan fingerprint density at radius 1 is 1.25 bits per heavy atom. The third-order valence-electron chi connectivity index (χ3n) is 1.33. The third-order valence-corrected chi connectivity index (χ3v) is 1.33. The van der Waals surface area contributed by atoms with E-state index in [2.05, 4.69) is 0 Å². The average Bonchev–Trinajstić information content (AvgIpc) is 2.14. The molecule has 0 saturated carbocycles. The topological polar surface area (TPSA) is 118 Å². The largest absolute Gasteiger partial charge is 0.394 e. The zero-order valence-electron chi connectivity index (χ0n) is 7.16. The van der Waals surface area contributed by atoms with E-state index < -0.39 is 31.0 Å². The summed E-state index contributed by atoms with van der Waals surface area (Å²) in [7, 11) is 0. The van der Waals surface area contributed by atoms with Crippen LogP contribution < -0.4 is 0 Å². The second-order valence-electron chi connectivity index (χ2n) is 2.23. The highest BCUT2D eigenvalue weighted by atomic mass is 16.4. The summed E-state index contributed by atoms with van der Waals surface area (Å²) in [4.78, 5) is 10.0. The predicted molar refractivity (Wildman–Crippen MR) is 37.2 cm³/mol. The number of aliphatic hydroxyl groups excluding tert-OH is 4. The Morgan fingerprint density at radius 2 is 1.75 bits per heavy atom. The highest BCUT2D eigenvalue weighted by Gasteiger charge is 2.29. The lowest BCUT2D eigenvalue weighted by Crippen LogP contribution is -2.46. The van der Waals surface area contributed by atoms with E-state index >= 15 is 0 Å². The van der Waals surface area contributed by atoms with Crippen molar-refractivity contribution in [2.24, 2.45) is 0 Å². The van der Waals surface area contributed by atoms with Gasteiger partial charge >= 0.3 is 0 Å². The molecule has 0 aliphatic carbocycles. The van der Waals surface area contributed by atoms with Crippen LogP contribution in [0.1, 0.15) is 1.37 Å². The molecule has 0 fully saturated rings. The van der Waals surface area contributed by atoms with Crippen molar-refractivity contribution in [2.45, 2.75) is 24.4 Å². The molecule has 0 aromatic carbocycles. The summed E-state index contributed by atoms with van der Waals surface area (Å²) in [5.41, 5.74) is 0. The van der Waals surface area contributed by atoms with Gasteiger partial charge in [0.1, 0.15) is 24.4 Å². The highest BCUT2D eigenvalue weighted by molar-refractivity contribution is 5.56. The van der Waals surface area contributed by atoms with Crippen LogP contribution in [0.2, 0.25) is 0 Å². The minimum atomic E-state index is -2.89. The molecule has 0 radical (unpaired) electrons. The molecule has 0 spiro atoms. The van der Waals surface area contributed by atoms with Crippen LogP contribution in [0, 0.1) is 0 Å². The second kappa shape index (κ2) is 5.18. The van der Waals surface area contributed by atoms with E-state index in [0.717, 1.165) is 0 Å². The van der Waals surface area contributed by atoms with Crippen molar-refractivity contribution in [1.82, 2.24) is 0 Å². The van der Waals surface area contributed by atoms with Crippen LogP contribution in [-0.4, -0.2) is 62.8 Å². The average molecular weight is 182 g/mol. The Balaban J connectivity index is 4.40. The predicted octanol–water partition coefficient (Wildman–Crippen LogP) is -3.38. The van der Waals surface area contributed by atoms with Crippen molar-refractivity contribution in [2.75, 3.05) is 6.61 Å². The fourth-order valence-electron chi connectivity index (χ4n) is 0.563. The Hall–Kier alpha value is -0.530. The van der Waals surface area contributed by atoms with Gasteiger partial charge in [-0.1, -0.05) is 0 Å². The summed E-state index contributed by atoms with van der Waals surface area (Å²) in [6.45, 7) is -0.854. The molecule has 72 valence electrons. The van der Waals surface area contributed by atoms with E-state index in [1.807, 2.05) is 0 Å². The Kier molecular flexibility index (Phi) is 4.12. The zero-order valence-corrected chi connectivity index (χ0v) is 6.16. The SMILES string of the molecule is [3H][C@](O)(C=O)[C@@H](O)[C@H](O)[C@H](O)CO. The summed E-state index contributed by atoms with van der Waals surface area (Å²) < 4.78 is 6.76. The van der Waals surface area contributed by atoms with E-state index in [0.29, 0.717) is 0 Å². The molecule has 0 heterocycles. The first kappa shape index (κ1) is 9.56. The zero-order chi connectivity index (χ0) is 10.6. The van der Waals surface area contributed by atoms with Crippen molar-refractivity contribution < 1.29 is 31.7 Å². The van der Waals surface area contributed by atoms with Gasteiger partial charge in [-0.05, 0) is 0 Å². The number of carbonyl (C=O) groups excluding carboxylic acids is 1. The summed E-state index contributed by atoms with van der Waals surface area (Å²) in [5.74, 6) is 0. The van der Waals surface area contributed by atoms with Crippen molar-refractivity contribution >= 4 is 6.29 Å². The molecule has 0 aliphatic rings. The van der Waals surface area contributed by atoms with Gasteiger partial charge in [-0.15, -0.1) is 0 Å². The maximum Gasteiger partial charge on any atom is 0.151 e. The molecule has 0 bridgehead atoms. The number of aldehydes is 1. The number of hydrogen-bond acceptors (Lipinski definition) is 6. The van der Waals surface area contributed by atoms with Gasteiger partial charge in [0.05, 0.1) is 7.98 Å². The van der Waals surface area contributed by atoms with Gasteiger partial charge in [-0.3, -0.25) is 0 Å². The van der Waals surface area contributed by atoms with Crippen LogP contribution in [0.15, 0.2) is 0 Å². The molecule has 0 aromatic heterocycles. The molecule has 0 unspecified atom stereocenters. The molecule has 12 heavy (non-hydrogen) atoms. The lowest BCUT2D eigenvalue weighted by atomic mass is 10.0. The van der Waals surface area contributed by atoms with Crippen molar-refractivity contribution in [3.63, 3.8) is 0 Å². The maximum atomic E-state index is 10.0. The summed E-state index contributed by atoms with van der Waals surface area (Å²) in [5, 5.41) is 43.8. The Bertz CT molecular complexity index is 173. The summed E-state index contributed by atoms with van der Waals surface area (Å²) >= 11 is 0. The van der Waals surface area contributed by atoms with Crippen molar-refractivity contribution in [3.05, 3.63) is 0 Å². The smallest absolute Gasteiger partial charge is 0.151 e. The first-order valence-electron chi connectivity index (χ1n) is 3.70. The molecule has 0 aromatic rings. The van der Waals surface area contributed by atoms with Crippen molar-refractivity contribution in [1.29, 1.82) is 0 Å². The molecule has 0 saturated heterocycles. The lowest BCUT2D eigenvalue weighted by Gasteiger charge is -2.22.